The number of imidazole rings is 1. The van der Waals surface area contributed by atoms with E-state index >= 15 is 0 Å². The minimum Gasteiger partial charge on any atom is -0.459 e. The number of fused-ring (bicyclic) bond motifs is 1. The number of furan rings is 1. The summed E-state index contributed by atoms with van der Waals surface area (Å²) in [5, 5.41) is 2.37. The zero-order valence-electron chi connectivity index (χ0n) is 14.0. The van der Waals surface area contributed by atoms with Crippen LogP contribution in [0.1, 0.15) is 16.4 Å². The molecule has 0 saturated heterocycles. The van der Waals surface area contributed by atoms with Crippen molar-refractivity contribution in [1.82, 2.24) is 25.7 Å². The van der Waals surface area contributed by atoms with Crippen molar-refractivity contribution < 1.29 is 18.8 Å². The summed E-state index contributed by atoms with van der Waals surface area (Å²) in [6.07, 6.45) is 1.36. The molecule has 0 bridgehead atoms. The van der Waals surface area contributed by atoms with E-state index in [-0.39, 0.29) is 18.7 Å². The number of hydrogen-bond acceptors (Lipinski definition) is 5. The fraction of sp³-hybridized carbons (Fsp3) is 0.176. The molecule has 0 aliphatic rings. The lowest BCUT2D eigenvalue weighted by Crippen LogP contribution is -2.47. The molecule has 0 spiro atoms. The third-order valence-corrected chi connectivity index (χ3v) is 3.69. The van der Waals surface area contributed by atoms with Gasteiger partial charge in [-0.2, -0.15) is 0 Å². The summed E-state index contributed by atoms with van der Waals surface area (Å²) in [7, 11) is 1.82. The number of nitrogens with one attached hydrogen (secondary N) is 3. The fourth-order valence-electron chi connectivity index (χ4n) is 2.38. The van der Waals surface area contributed by atoms with Gasteiger partial charge in [-0.25, -0.2) is 4.98 Å². The monoisotopic (exact) mass is 355 g/mol. The SMILES string of the molecule is Cn1c(CC(=O)NNC(=O)CNC(=O)c2ccco2)nc2ccccc21. The van der Waals surface area contributed by atoms with Gasteiger partial charge in [-0.05, 0) is 24.3 Å². The molecule has 0 atom stereocenters. The van der Waals surface area contributed by atoms with Crippen molar-refractivity contribution in [3.05, 3.63) is 54.2 Å². The first-order valence-electron chi connectivity index (χ1n) is 7.84. The number of hydrogen-bond donors (Lipinski definition) is 3. The van der Waals surface area contributed by atoms with Crippen LogP contribution in [0.2, 0.25) is 0 Å². The highest BCUT2D eigenvalue weighted by atomic mass is 16.3. The average Bonchev–Trinajstić information content (AvgIpc) is 3.27. The van der Waals surface area contributed by atoms with E-state index in [4.69, 9.17) is 4.42 Å². The Bertz CT molecular complexity index is 945. The van der Waals surface area contributed by atoms with Crippen LogP contribution in [0.5, 0.6) is 0 Å². The first-order valence-corrected chi connectivity index (χ1v) is 7.84. The molecule has 2 heterocycles. The summed E-state index contributed by atoms with van der Waals surface area (Å²) in [5.41, 5.74) is 6.24. The molecular formula is C17H17N5O4. The van der Waals surface area contributed by atoms with E-state index in [2.05, 4.69) is 21.2 Å². The van der Waals surface area contributed by atoms with Crippen LogP contribution in [-0.2, 0) is 23.1 Å². The number of carbonyl (C=O) groups excluding carboxylic acids is 3. The Kier molecular flexibility index (Phi) is 4.97. The van der Waals surface area contributed by atoms with E-state index in [1.54, 1.807) is 6.07 Å². The van der Waals surface area contributed by atoms with E-state index < -0.39 is 17.7 Å². The van der Waals surface area contributed by atoms with Gasteiger partial charge in [0.25, 0.3) is 11.8 Å². The molecule has 3 aromatic rings. The molecule has 0 saturated carbocycles. The van der Waals surface area contributed by atoms with Crippen molar-refractivity contribution in [3.63, 3.8) is 0 Å². The number of aryl methyl sites for hydroxylation is 1. The highest BCUT2D eigenvalue weighted by Crippen LogP contribution is 2.14. The molecule has 1 aromatic carbocycles. The molecule has 0 aliphatic heterocycles. The molecule has 9 heteroatoms. The lowest BCUT2D eigenvalue weighted by Gasteiger charge is -2.08. The van der Waals surface area contributed by atoms with Crippen LogP contribution in [-0.4, -0.2) is 33.8 Å². The minimum absolute atomic E-state index is 0.00418. The largest absolute Gasteiger partial charge is 0.459 e. The summed E-state index contributed by atoms with van der Waals surface area (Å²) in [4.78, 5) is 39.7. The van der Waals surface area contributed by atoms with Gasteiger partial charge in [0.2, 0.25) is 5.91 Å². The van der Waals surface area contributed by atoms with E-state index in [0.717, 1.165) is 11.0 Å². The summed E-state index contributed by atoms with van der Waals surface area (Å²) < 4.78 is 6.73. The lowest BCUT2D eigenvalue weighted by atomic mass is 10.3. The molecule has 0 radical (unpaired) electrons. The highest BCUT2D eigenvalue weighted by Gasteiger charge is 2.13. The first kappa shape index (κ1) is 17.2. The Balaban J connectivity index is 1.46. The second-order valence-electron chi connectivity index (χ2n) is 5.51. The molecule has 0 fully saturated rings. The van der Waals surface area contributed by atoms with Crippen LogP contribution >= 0.6 is 0 Å². The number of aromatic nitrogens is 2. The molecule has 3 rings (SSSR count). The number of carbonyl (C=O) groups is 3. The van der Waals surface area contributed by atoms with E-state index in [9.17, 15) is 14.4 Å². The predicted octanol–water partition coefficient (Wildman–Crippen LogP) is 0.286. The van der Waals surface area contributed by atoms with Crippen LogP contribution in [0.3, 0.4) is 0 Å². The van der Waals surface area contributed by atoms with Crippen LogP contribution < -0.4 is 16.2 Å². The molecule has 26 heavy (non-hydrogen) atoms. The van der Waals surface area contributed by atoms with Gasteiger partial charge in [-0.15, -0.1) is 0 Å². The molecule has 0 unspecified atom stereocenters. The molecule has 2 aromatic heterocycles. The Labute approximate surface area is 148 Å². The summed E-state index contributed by atoms with van der Waals surface area (Å²) in [5.74, 6) is -0.832. The van der Waals surface area contributed by atoms with Gasteiger partial charge in [-0.1, -0.05) is 12.1 Å². The zero-order valence-corrected chi connectivity index (χ0v) is 14.0. The van der Waals surface area contributed by atoms with Crippen molar-refractivity contribution in [2.45, 2.75) is 6.42 Å². The second kappa shape index (κ2) is 7.51. The van der Waals surface area contributed by atoms with Crippen LogP contribution in [0.15, 0.2) is 47.1 Å². The molecule has 9 nitrogen and oxygen atoms in total. The Morgan fingerprint density at radius 3 is 2.58 bits per heavy atom. The maximum Gasteiger partial charge on any atom is 0.287 e. The molecule has 134 valence electrons. The maximum atomic E-state index is 12.0. The number of rotatable bonds is 5. The van der Waals surface area contributed by atoms with Crippen molar-refractivity contribution in [3.8, 4) is 0 Å². The number of nitrogens with zero attached hydrogens (tertiary/aromatic N) is 2. The second-order valence-corrected chi connectivity index (χ2v) is 5.51. The lowest BCUT2D eigenvalue weighted by molar-refractivity contribution is -0.128. The molecule has 3 amide bonds. The van der Waals surface area contributed by atoms with Gasteiger partial charge in [0.15, 0.2) is 5.76 Å². The van der Waals surface area contributed by atoms with E-state index in [1.807, 2.05) is 35.9 Å². The number of para-hydroxylation sites is 2. The Hall–Kier alpha value is -3.62. The van der Waals surface area contributed by atoms with Gasteiger partial charge in [0.1, 0.15) is 5.82 Å². The first-order chi connectivity index (χ1) is 12.5. The maximum absolute atomic E-state index is 12.0. The van der Waals surface area contributed by atoms with Crippen molar-refractivity contribution in [2.75, 3.05) is 6.54 Å². The number of benzene rings is 1. The summed E-state index contributed by atoms with van der Waals surface area (Å²) in [6.45, 7) is -0.300. The number of amides is 3. The van der Waals surface area contributed by atoms with Gasteiger partial charge < -0.3 is 14.3 Å². The van der Waals surface area contributed by atoms with Gasteiger partial charge in [0.05, 0.1) is 30.3 Å². The van der Waals surface area contributed by atoms with Gasteiger partial charge in [-0.3, -0.25) is 25.2 Å². The van der Waals surface area contributed by atoms with Crippen molar-refractivity contribution in [1.29, 1.82) is 0 Å². The van der Waals surface area contributed by atoms with Crippen molar-refractivity contribution >= 4 is 28.8 Å². The Morgan fingerprint density at radius 1 is 1.08 bits per heavy atom. The zero-order chi connectivity index (χ0) is 18.5. The smallest absolute Gasteiger partial charge is 0.287 e. The quantitative estimate of drug-likeness (QED) is 0.569. The predicted molar refractivity (Wildman–Crippen MR) is 91.7 cm³/mol. The topological polar surface area (TPSA) is 118 Å². The van der Waals surface area contributed by atoms with Gasteiger partial charge >= 0.3 is 0 Å². The Morgan fingerprint density at radius 2 is 1.85 bits per heavy atom. The molecular weight excluding hydrogens is 338 g/mol. The molecule has 3 N–H and O–H groups in total. The van der Waals surface area contributed by atoms with Gasteiger partial charge in [0, 0.05) is 7.05 Å². The van der Waals surface area contributed by atoms with E-state index in [0.29, 0.717) is 5.82 Å². The summed E-state index contributed by atoms with van der Waals surface area (Å²) >= 11 is 0. The number of hydrazine groups is 1. The fourth-order valence-corrected chi connectivity index (χ4v) is 2.38. The van der Waals surface area contributed by atoms with Crippen LogP contribution in [0.25, 0.3) is 11.0 Å². The highest BCUT2D eigenvalue weighted by molar-refractivity contribution is 5.94. The van der Waals surface area contributed by atoms with E-state index in [1.165, 1.54) is 12.3 Å². The average molecular weight is 355 g/mol. The third kappa shape index (κ3) is 3.89. The normalized spacial score (nSPS) is 10.5. The summed E-state index contributed by atoms with van der Waals surface area (Å²) in [6, 6.07) is 10.6. The molecule has 0 aliphatic carbocycles. The van der Waals surface area contributed by atoms with Crippen molar-refractivity contribution in [2.24, 2.45) is 7.05 Å². The standard InChI is InChI=1S/C17H17N5O4/c1-22-12-6-3-2-5-11(12)19-14(22)9-15(23)20-21-16(24)10-18-17(25)13-7-4-8-26-13/h2-8H,9-10H2,1H3,(H,18,25)(H,20,23)(H,21,24). The third-order valence-electron chi connectivity index (χ3n) is 3.69. The van der Waals surface area contributed by atoms with Crippen LogP contribution in [0, 0.1) is 0 Å². The minimum atomic E-state index is -0.566. The van der Waals surface area contributed by atoms with Crippen LogP contribution in [0.4, 0.5) is 0 Å².